The van der Waals surface area contributed by atoms with Gasteiger partial charge in [-0.25, -0.2) is 4.99 Å². The van der Waals surface area contributed by atoms with Crippen LogP contribution >= 0.6 is 11.8 Å². The van der Waals surface area contributed by atoms with Crippen LogP contribution in [0.1, 0.15) is 23.1 Å². The fraction of sp³-hybridized carbons (Fsp3) is 0.192. The van der Waals surface area contributed by atoms with Gasteiger partial charge in [0.15, 0.2) is 0 Å². The fourth-order valence-corrected chi connectivity index (χ4v) is 4.30. The summed E-state index contributed by atoms with van der Waals surface area (Å²) >= 11 is 1.45. The average molecular weight is 444 g/mol. The van der Waals surface area contributed by atoms with Crippen LogP contribution in [0.2, 0.25) is 0 Å². The Hall–Kier alpha value is -3.38. The van der Waals surface area contributed by atoms with Crippen molar-refractivity contribution in [3.8, 4) is 5.75 Å². The third kappa shape index (κ3) is 5.08. The zero-order valence-electron chi connectivity index (χ0n) is 18.4. The summed E-state index contributed by atoms with van der Waals surface area (Å²) in [5, 5.41) is 3.91. The predicted octanol–water partition coefficient (Wildman–Crippen LogP) is 6.24. The van der Waals surface area contributed by atoms with Crippen molar-refractivity contribution in [2.45, 2.75) is 20.3 Å². The standard InChI is InChI=1S/C26H25N3O2S/c1-17-7-6-8-18(2)26(17)29-24(30)16-32-25-15-23(19-11-13-20(31-3)14-12-19)27-21-9-4-5-10-22(21)28-25/h4-14H,15-16H2,1-3H3,(H,29,30). The minimum absolute atomic E-state index is 0.0458. The normalized spacial score (nSPS) is 12.8. The van der Waals surface area contributed by atoms with E-state index >= 15 is 0 Å². The molecule has 1 N–H and O–H groups in total. The van der Waals surface area contributed by atoms with Gasteiger partial charge in [-0.1, -0.05) is 30.3 Å². The van der Waals surface area contributed by atoms with E-state index in [4.69, 9.17) is 14.7 Å². The van der Waals surface area contributed by atoms with Gasteiger partial charge >= 0.3 is 0 Å². The first-order valence-corrected chi connectivity index (χ1v) is 11.4. The number of aryl methyl sites for hydroxylation is 2. The summed E-state index contributed by atoms with van der Waals surface area (Å²) in [5.74, 6) is 1.04. The summed E-state index contributed by atoms with van der Waals surface area (Å²) in [5.41, 5.74) is 6.56. The summed E-state index contributed by atoms with van der Waals surface area (Å²) in [6, 6.07) is 21.7. The Morgan fingerprint density at radius 1 is 0.938 bits per heavy atom. The minimum atomic E-state index is -0.0458. The van der Waals surface area contributed by atoms with E-state index in [0.717, 1.165) is 50.3 Å². The zero-order valence-corrected chi connectivity index (χ0v) is 19.2. The van der Waals surface area contributed by atoms with Crippen molar-refractivity contribution in [3.05, 3.63) is 83.4 Å². The van der Waals surface area contributed by atoms with E-state index in [-0.39, 0.29) is 11.7 Å². The lowest BCUT2D eigenvalue weighted by atomic mass is 10.1. The molecular formula is C26H25N3O2S. The van der Waals surface area contributed by atoms with E-state index in [1.165, 1.54) is 11.8 Å². The number of anilines is 1. The molecule has 3 aromatic carbocycles. The number of thioether (sulfide) groups is 1. The summed E-state index contributed by atoms with van der Waals surface area (Å²) < 4.78 is 5.28. The molecule has 32 heavy (non-hydrogen) atoms. The highest BCUT2D eigenvalue weighted by molar-refractivity contribution is 8.14. The third-order valence-corrected chi connectivity index (χ3v) is 6.22. The number of nitrogens with zero attached hydrogens (tertiary/aromatic N) is 2. The monoisotopic (exact) mass is 443 g/mol. The van der Waals surface area contributed by atoms with Crippen LogP contribution in [0.15, 0.2) is 76.7 Å². The van der Waals surface area contributed by atoms with Crippen LogP contribution in [-0.2, 0) is 4.79 Å². The molecule has 1 heterocycles. The number of hydrogen-bond acceptors (Lipinski definition) is 5. The highest BCUT2D eigenvalue weighted by atomic mass is 32.2. The lowest BCUT2D eigenvalue weighted by molar-refractivity contribution is -0.113. The third-order valence-electron chi connectivity index (χ3n) is 5.24. The molecule has 0 aliphatic carbocycles. The minimum Gasteiger partial charge on any atom is -0.497 e. The summed E-state index contributed by atoms with van der Waals surface area (Å²) in [6.07, 6.45) is 0.558. The molecule has 0 unspecified atom stereocenters. The number of rotatable bonds is 5. The van der Waals surface area contributed by atoms with Crippen LogP contribution in [-0.4, -0.2) is 29.5 Å². The number of methoxy groups -OCH3 is 1. The maximum Gasteiger partial charge on any atom is 0.234 e. The Morgan fingerprint density at radius 3 is 2.25 bits per heavy atom. The van der Waals surface area contributed by atoms with Gasteiger partial charge in [0.25, 0.3) is 0 Å². The van der Waals surface area contributed by atoms with Crippen molar-refractivity contribution in [3.63, 3.8) is 0 Å². The molecule has 4 rings (SSSR count). The lowest BCUT2D eigenvalue weighted by Crippen LogP contribution is -2.17. The molecule has 1 aliphatic heterocycles. The van der Waals surface area contributed by atoms with Gasteiger partial charge in [-0.05, 0) is 66.9 Å². The number of hydrogen-bond donors (Lipinski definition) is 1. The Morgan fingerprint density at radius 2 is 1.59 bits per heavy atom. The molecule has 1 amide bonds. The molecule has 0 aromatic heterocycles. The molecule has 0 fully saturated rings. The van der Waals surface area contributed by atoms with Crippen molar-refractivity contribution in [2.24, 2.45) is 9.98 Å². The molecule has 3 aromatic rings. The quantitative estimate of drug-likeness (QED) is 0.508. The van der Waals surface area contributed by atoms with Gasteiger partial charge in [0.2, 0.25) is 5.91 Å². The van der Waals surface area contributed by atoms with Gasteiger partial charge in [0.1, 0.15) is 5.75 Å². The lowest BCUT2D eigenvalue weighted by Gasteiger charge is -2.12. The Balaban J connectivity index is 1.53. The van der Waals surface area contributed by atoms with Gasteiger partial charge < -0.3 is 10.1 Å². The van der Waals surface area contributed by atoms with Gasteiger partial charge in [-0.15, -0.1) is 11.8 Å². The van der Waals surface area contributed by atoms with Crippen molar-refractivity contribution in [2.75, 3.05) is 18.2 Å². The smallest absolute Gasteiger partial charge is 0.234 e. The van der Waals surface area contributed by atoms with E-state index in [0.29, 0.717) is 6.42 Å². The summed E-state index contributed by atoms with van der Waals surface area (Å²) in [4.78, 5) is 22.4. The number of fused-ring (bicyclic) bond motifs is 1. The number of carbonyl (C=O) groups is 1. The summed E-state index contributed by atoms with van der Waals surface area (Å²) in [7, 11) is 1.65. The van der Waals surface area contributed by atoms with E-state index < -0.39 is 0 Å². The van der Waals surface area contributed by atoms with E-state index in [1.54, 1.807) is 7.11 Å². The second-order valence-electron chi connectivity index (χ2n) is 7.56. The van der Waals surface area contributed by atoms with Crippen LogP contribution < -0.4 is 10.1 Å². The van der Waals surface area contributed by atoms with Gasteiger partial charge in [-0.2, -0.15) is 0 Å². The van der Waals surface area contributed by atoms with E-state index in [2.05, 4.69) is 5.32 Å². The largest absolute Gasteiger partial charge is 0.497 e. The first kappa shape index (κ1) is 21.8. The second-order valence-corrected chi connectivity index (χ2v) is 8.61. The number of amides is 1. The van der Waals surface area contributed by atoms with Crippen molar-refractivity contribution in [1.82, 2.24) is 0 Å². The highest BCUT2D eigenvalue weighted by Crippen LogP contribution is 2.33. The van der Waals surface area contributed by atoms with Crippen molar-refractivity contribution >= 4 is 45.5 Å². The average Bonchev–Trinajstić information content (AvgIpc) is 2.99. The van der Waals surface area contributed by atoms with Gasteiger partial charge in [-0.3, -0.25) is 9.79 Å². The number of para-hydroxylation sites is 3. The SMILES string of the molecule is COc1ccc(C2=Nc3ccccc3N=C(SCC(=O)Nc3c(C)cccc3C)C2)cc1. The van der Waals surface area contributed by atoms with E-state index in [9.17, 15) is 4.79 Å². The maximum atomic E-state index is 12.7. The molecular weight excluding hydrogens is 418 g/mol. The molecule has 0 saturated carbocycles. The number of nitrogens with one attached hydrogen (secondary N) is 1. The van der Waals surface area contributed by atoms with Crippen LogP contribution in [0.3, 0.4) is 0 Å². The number of carbonyl (C=O) groups excluding carboxylic acids is 1. The van der Waals surface area contributed by atoms with E-state index in [1.807, 2.05) is 80.6 Å². The number of aliphatic imine (C=N–C) groups is 2. The predicted molar refractivity (Wildman–Crippen MR) is 134 cm³/mol. The Bertz CT molecular complexity index is 1180. The van der Waals surface area contributed by atoms with Crippen molar-refractivity contribution < 1.29 is 9.53 Å². The van der Waals surface area contributed by atoms with Gasteiger partial charge in [0, 0.05) is 12.1 Å². The van der Waals surface area contributed by atoms with Gasteiger partial charge in [0.05, 0.1) is 35.0 Å². The first-order chi connectivity index (χ1) is 15.5. The van der Waals surface area contributed by atoms with Crippen LogP contribution in [0.25, 0.3) is 0 Å². The molecule has 5 nitrogen and oxygen atoms in total. The Kier molecular flexibility index (Phi) is 6.71. The van der Waals surface area contributed by atoms with Crippen molar-refractivity contribution in [1.29, 1.82) is 0 Å². The topological polar surface area (TPSA) is 63.1 Å². The highest BCUT2D eigenvalue weighted by Gasteiger charge is 2.17. The van der Waals surface area contributed by atoms with Crippen LogP contribution in [0.5, 0.6) is 5.75 Å². The number of ether oxygens (including phenoxy) is 1. The molecule has 0 radical (unpaired) electrons. The zero-order chi connectivity index (χ0) is 22.5. The molecule has 6 heteroatoms. The number of benzene rings is 3. The second kappa shape index (κ2) is 9.83. The molecule has 0 spiro atoms. The molecule has 162 valence electrons. The molecule has 1 aliphatic rings. The first-order valence-electron chi connectivity index (χ1n) is 10.4. The summed E-state index contributed by atoms with van der Waals surface area (Å²) in [6.45, 7) is 4.00. The van der Waals surface area contributed by atoms with Crippen LogP contribution in [0.4, 0.5) is 17.1 Å². The Labute approximate surface area is 192 Å². The molecule has 0 saturated heterocycles. The maximum absolute atomic E-state index is 12.7. The molecule has 0 atom stereocenters. The van der Waals surface area contributed by atoms with Crippen LogP contribution in [0, 0.1) is 13.8 Å². The molecule has 0 bridgehead atoms. The fourth-order valence-electron chi connectivity index (χ4n) is 3.52.